The van der Waals surface area contributed by atoms with E-state index in [4.69, 9.17) is 5.73 Å². The first-order valence-corrected chi connectivity index (χ1v) is 9.98. The SMILES string of the molecule is CC(C)CCCCCCCCCCCCCCC(=O)C(O)CN. The molecule has 0 aromatic carbocycles. The first-order valence-electron chi connectivity index (χ1n) is 9.98. The molecule has 3 nitrogen and oxygen atoms in total. The highest BCUT2D eigenvalue weighted by Gasteiger charge is 2.11. The summed E-state index contributed by atoms with van der Waals surface area (Å²) >= 11 is 0. The van der Waals surface area contributed by atoms with Gasteiger partial charge in [0, 0.05) is 13.0 Å². The number of carbonyl (C=O) groups is 1. The van der Waals surface area contributed by atoms with Crippen molar-refractivity contribution in [2.45, 2.75) is 110 Å². The van der Waals surface area contributed by atoms with E-state index in [2.05, 4.69) is 13.8 Å². The number of aliphatic hydroxyl groups is 1. The molecule has 0 aliphatic rings. The number of rotatable bonds is 17. The molecule has 0 radical (unpaired) electrons. The number of Topliss-reactive ketones (excluding diaryl/α,β-unsaturated/α-hetero) is 1. The first-order chi connectivity index (χ1) is 11.1. The lowest BCUT2D eigenvalue weighted by atomic mass is 10.0. The second-order valence-corrected chi connectivity index (χ2v) is 7.39. The Morgan fingerprint density at radius 2 is 1.17 bits per heavy atom. The van der Waals surface area contributed by atoms with Gasteiger partial charge in [0.2, 0.25) is 0 Å². The van der Waals surface area contributed by atoms with Crippen LogP contribution in [0.2, 0.25) is 0 Å². The lowest BCUT2D eigenvalue weighted by molar-refractivity contribution is -0.126. The summed E-state index contributed by atoms with van der Waals surface area (Å²) in [5.74, 6) is 0.764. The Kier molecular flexibility index (Phi) is 16.2. The summed E-state index contributed by atoms with van der Waals surface area (Å²) < 4.78 is 0. The van der Waals surface area contributed by atoms with Gasteiger partial charge in [-0.25, -0.2) is 0 Å². The van der Waals surface area contributed by atoms with Crippen molar-refractivity contribution < 1.29 is 9.90 Å². The molecule has 0 aromatic heterocycles. The molecular weight excluding hydrogens is 286 g/mol. The Balaban J connectivity index is 3.12. The smallest absolute Gasteiger partial charge is 0.162 e. The van der Waals surface area contributed by atoms with Crippen LogP contribution in [-0.4, -0.2) is 23.5 Å². The number of carbonyl (C=O) groups excluding carboxylic acids is 1. The monoisotopic (exact) mass is 327 g/mol. The van der Waals surface area contributed by atoms with Crippen molar-refractivity contribution in [2.24, 2.45) is 11.7 Å². The molecule has 0 aliphatic carbocycles. The molecule has 0 saturated carbocycles. The second-order valence-electron chi connectivity index (χ2n) is 7.39. The van der Waals surface area contributed by atoms with Crippen molar-refractivity contribution in [1.82, 2.24) is 0 Å². The molecule has 1 unspecified atom stereocenters. The minimum Gasteiger partial charge on any atom is -0.384 e. The molecule has 3 N–H and O–H groups in total. The van der Waals surface area contributed by atoms with E-state index in [1.54, 1.807) is 0 Å². The molecule has 1 atom stereocenters. The summed E-state index contributed by atoms with van der Waals surface area (Å²) in [7, 11) is 0. The van der Waals surface area contributed by atoms with Crippen LogP contribution in [0.3, 0.4) is 0 Å². The summed E-state index contributed by atoms with van der Waals surface area (Å²) in [4.78, 5) is 11.4. The normalized spacial score (nSPS) is 12.7. The summed E-state index contributed by atoms with van der Waals surface area (Å²) in [5.41, 5.74) is 5.26. The van der Waals surface area contributed by atoms with Gasteiger partial charge in [0.1, 0.15) is 6.10 Å². The average molecular weight is 328 g/mol. The van der Waals surface area contributed by atoms with E-state index in [0.717, 1.165) is 18.8 Å². The third-order valence-electron chi connectivity index (χ3n) is 4.55. The van der Waals surface area contributed by atoms with Gasteiger partial charge in [-0.05, 0) is 12.3 Å². The zero-order valence-corrected chi connectivity index (χ0v) is 15.7. The number of aliphatic hydroxyl groups excluding tert-OH is 1. The van der Waals surface area contributed by atoms with Gasteiger partial charge >= 0.3 is 0 Å². The molecule has 0 bridgehead atoms. The predicted octanol–water partition coefficient (Wildman–Crippen LogP) is 4.99. The highest BCUT2D eigenvalue weighted by atomic mass is 16.3. The molecule has 0 amide bonds. The van der Waals surface area contributed by atoms with Gasteiger partial charge in [-0.3, -0.25) is 4.79 Å². The Bertz CT molecular complexity index is 266. The average Bonchev–Trinajstić information content (AvgIpc) is 2.53. The minimum absolute atomic E-state index is 0.0521. The molecule has 0 fully saturated rings. The van der Waals surface area contributed by atoms with Crippen molar-refractivity contribution >= 4 is 5.78 Å². The number of hydrogen-bond donors (Lipinski definition) is 2. The summed E-state index contributed by atoms with van der Waals surface area (Å²) in [6.07, 6.45) is 16.5. The van der Waals surface area contributed by atoms with Crippen molar-refractivity contribution in [1.29, 1.82) is 0 Å². The quantitative estimate of drug-likeness (QED) is 0.370. The number of unbranched alkanes of at least 4 members (excludes halogenated alkanes) is 11. The number of nitrogens with two attached hydrogens (primary N) is 1. The van der Waals surface area contributed by atoms with Crippen molar-refractivity contribution in [3.05, 3.63) is 0 Å². The Labute approximate surface area is 144 Å². The highest BCUT2D eigenvalue weighted by Crippen LogP contribution is 2.14. The van der Waals surface area contributed by atoms with Crippen LogP contribution in [0.15, 0.2) is 0 Å². The van der Waals surface area contributed by atoms with Crippen LogP contribution < -0.4 is 5.73 Å². The van der Waals surface area contributed by atoms with Crippen LogP contribution >= 0.6 is 0 Å². The fourth-order valence-electron chi connectivity index (χ4n) is 2.92. The molecular formula is C20H41NO2. The van der Waals surface area contributed by atoms with Crippen molar-refractivity contribution in [3.63, 3.8) is 0 Å². The Morgan fingerprint density at radius 3 is 1.57 bits per heavy atom. The Morgan fingerprint density at radius 1 is 0.783 bits per heavy atom. The Hall–Kier alpha value is -0.410. The van der Waals surface area contributed by atoms with Gasteiger partial charge in [0.15, 0.2) is 5.78 Å². The van der Waals surface area contributed by atoms with E-state index in [1.807, 2.05) is 0 Å². The van der Waals surface area contributed by atoms with E-state index in [0.29, 0.717) is 6.42 Å². The maximum atomic E-state index is 11.4. The van der Waals surface area contributed by atoms with Crippen molar-refractivity contribution in [2.75, 3.05) is 6.54 Å². The van der Waals surface area contributed by atoms with E-state index < -0.39 is 6.10 Å². The van der Waals surface area contributed by atoms with Crippen LogP contribution in [0.4, 0.5) is 0 Å². The lowest BCUT2D eigenvalue weighted by Gasteiger charge is -2.06. The van der Waals surface area contributed by atoms with Crippen LogP contribution in [0.25, 0.3) is 0 Å². The van der Waals surface area contributed by atoms with Gasteiger partial charge < -0.3 is 10.8 Å². The first kappa shape index (κ1) is 22.6. The molecule has 0 aliphatic heterocycles. The zero-order chi connectivity index (χ0) is 17.3. The minimum atomic E-state index is -0.944. The largest absolute Gasteiger partial charge is 0.384 e. The molecule has 3 heteroatoms. The molecule has 0 heterocycles. The van der Waals surface area contributed by atoms with E-state index in [1.165, 1.54) is 70.6 Å². The van der Waals surface area contributed by atoms with Gasteiger partial charge in [-0.15, -0.1) is 0 Å². The van der Waals surface area contributed by atoms with Gasteiger partial charge in [0.05, 0.1) is 0 Å². The molecule has 0 spiro atoms. The third kappa shape index (κ3) is 16.2. The second kappa shape index (κ2) is 16.4. The molecule has 0 saturated heterocycles. The summed E-state index contributed by atoms with van der Waals surface area (Å²) in [6.45, 7) is 4.67. The number of hydrogen-bond acceptors (Lipinski definition) is 3. The van der Waals surface area contributed by atoms with Gasteiger partial charge in [-0.1, -0.05) is 90.9 Å². The maximum Gasteiger partial charge on any atom is 0.162 e. The summed E-state index contributed by atoms with van der Waals surface area (Å²) in [6, 6.07) is 0. The molecule has 23 heavy (non-hydrogen) atoms. The van der Waals surface area contributed by atoms with Gasteiger partial charge in [-0.2, -0.15) is 0 Å². The van der Waals surface area contributed by atoms with Gasteiger partial charge in [0.25, 0.3) is 0 Å². The molecule has 138 valence electrons. The van der Waals surface area contributed by atoms with Crippen LogP contribution in [-0.2, 0) is 4.79 Å². The zero-order valence-electron chi connectivity index (χ0n) is 15.7. The lowest BCUT2D eigenvalue weighted by Crippen LogP contribution is -2.28. The predicted molar refractivity (Wildman–Crippen MR) is 99.5 cm³/mol. The third-order valence-corrected chi connectivity index (χ3v) is 4.55. The van der Waals surface area contributed by atoms with E-state index in [9.17, 15) is 9.90 Å². The van der Waals surface area contributed by atoms with Crippen molar-refractivity contribution in [3.8, 4) is 0 Å². The molecule has 0 aromatic rings. The topological polar surface area (TPSA) is 63.3 Å². The highest BCUT2D eigenvalue weighted by molar-refractivity contribution is 5.82. The molecule has 0 rings (SSSR count). The fraction of sp³-hybridized carbons (Fsp3) is 0.950. The van der Waals surface area contributed by atoms with Crippen LogP contribution in [0, 0.1) is 5.92 Å². The van der Waals surface area contributed by atoms with E-state index >= 15 is 0 Å². The maximum absolute atomic E-state index is 11.4. The fourth-order valence-corrected chi connectivity index (χ4v) is 2.92. The standard InChI is InChI=1S/C20H41NO2/c1-18(2)15-13-11-9-7-5-3-4-6-8-10-12-14-16-19(22)20(23)17-21/h18,20,23H,3-17,21H2,1-2H3. The van der Waals surface area contributed by atoms with Crippen LogP contribution in [0.1, 0.15) is 104 Å². The summed E-state index contributed by atoms with van der Waals surface area (Å²) in [5, 5.41) is 9.27. The van der Waals surface area contributed by atoms with Crippen LogP contribution in [0.5, 0.6) is 0 Å². The van der Waals surface area contributed by atoms with E-state index in [-0.39, 0.29) is 12.3 Å². The number of ketones is 1.